The zero-order valence-corrected chi connectivity index (χ0v) is 10.5. The molecule has 4 heteroatoms. The largest absolute Gasteiger partial charge is 0.312 e. The van der Waals surface area contributed by atoms with Gasteiger partial charge in [-0.1, -0.05) is 13.8 Å². The molecule has 0 atom stereocenters. The van der Waals surface area contributed by atoms with Gasteiger partial charge in [-0.15, -0.1) is 0 Å². The van der Waals surface area contributed by atoms with Gasteiger partial charge in [-0.2, -0.15) is 0 Å². The smallest absolute Gasteiger partial charge is 0.262 e. The van der Waals surface area contributed by atoms with Gasteiger partial charge in [0.25, 0.3) is 10.8 Å². The Balaban J connectivity index is 3.12. The molecule has 0 fully saturated rings. The second-order valence-electron chi connectivity index (χ2n) is 4.30. The number of halogens is 1. The number of hydrogen-bond acceptors (Lipinski definition) is 2. The van der Waals surface area contributed by atoms with Crippen LogP contribution in [0.1, 0.15) is 36.3 Å². The monoisotopic (exact) mass is 241 g/mol. The van der Waals surface area contributed by atoms with E-state index in [1.165, 1.54) is 6.07 Å². The van der Waals surface area contributed by atoms with Crippen LogP contribution >= 0.6 is 11.6 Å². The van der Waals surface area contributed by atoms with Crippen LogP contribution in [0.3, 0.4) is 0 Å². The third kappa shape index (κ3) is 2.95. The van der Waals surface area contributed by atoms with Crippen LogP contribution in [-0.2, 0) is 6.54 Å². The normalized spacial score (nSPS) is 10.8. The zero-order valence-electron chi connectivity index (χ0n) is 9.79. The van der Waals surface area contributed by atoms with Crippen LogP contribution in [0, 0.1) is 12.8 Å². The molecule has 0 aliphatic carbocycles. The van der Waals surface area contributed by atoms with Crippen LogP contribution in [0.4, 0.5) is 0 Å². The predicted molar refractivity (Wildman–Crippen MR) is 65.1 cm³/mol. The highest BCUT2D eigenvalue weighted by atomic mass is 35.5. The molecule has 3 nitrogen and oxygen atoms in total. The molecular formula is C12H16ClNO2. The molecule has 1 rings (SSSR count). The van der Waals surface area contributed by atoms with E-state index in [9.17, 15) is 9.59 Å². The second kappa shape index (κ2) is 5.30. The predicted octanol–water partition coefficient (Wildman–Crippen LogP) is 2.58. The molecule has 0 saturated carbocycles. The van der Waals surface area contributed by atoms with Crippen molar-refractivity contribution >= 4 is 16.8 Å². The highest BCUT2D eigenvalue weighted by Crippen LogP contribution is 2.06. The molecule has 0 radical (unpaired) electrons. The number of carbonyl (C=O) groups excluding carboxylic acids is 1. The fourth-order valence-corrected chi connectivity index (χ4v) is 1.63. The first kappa shape index (κ1) is 13.0. The summed E-state index contributed by atoms with van der Waals surface area (Å²) in [6, 6.07) is 3.23. The van der Waals surface area contributed by atoms with Crippen molar-refractivity contribution in [2.75, 3.05) is 0 Å². The number of aryl methyl sites for hydroxylation is 1. The van der Waals surface area contributed by atoms with Crippen molar-refractivity contribution in [1.82, 2.24) is 4.57 Å². The maximum absolute atomic E-state index is 11.9. The molecule has 1 heterocycles. The Morgan fingerprint density at radius 3 is 2.56 bits per heavy atom. The minimum Gasteiger partial charge on any atom is -0.312 e. The third-order valence-corrected chi connectivity index (χ3v) is 2.74. The Morgan fingerprint density at radius 2 is 2.06 bits per heavy atom. The highest BCUT2D eigenvalue weighted by Gasteiger charge is 2.11. The lowest BCUT2D eigenvalue weighted by atomic mass is 10.1. The number of hydrogen-bond donors (Lipinski definition) is 0. The molecule has 1 aromatic rings. The van der Waals surface area contributed by atoms with E-state index in [0.717, 1.165) is 12.1 Å². The summed E-state index contributed by atoms with van der Waals surface area (Å²) in [5, 5.41) is -0.691. The van der Waals surface area contributed by atoms with Crippen LogP contribution in [-0.4, -0.2) is 9.81 Å². The van der Waals surface area contributed by atoms with E-state index in [0.29, 0.717) is 12.5 Å². The summed E-state index contributed by atoms with van der Waals surface area (Å²) >= 11 is 5.34. The van der Waals surface area contributed by atoms with E-state index >= 15 is 0 Å². The standard InChI is InChI=1S/C12H16ClNO2/c1-8(2)6-7-14-9(3)4-5-10(11(13)15)12(14)16/h4-5,8H,6-7H2,1-3H3. The van der Waals surface area contributed by atoms with Gasteiger partial charge in [0.05, 0.1) is 5.56 Å². The van der Waals surface area contributed by atoms with Crippen molar-refractivity contribution in [3.05, 3.63) is 33.7 Å². The van der Waals surface area contributed by atoms with Crippen LogP contribution in [0.15, 0.2) is 16.9 Å². The summed E-state index contributed by atoms with van der Waals surface area (Å²) in [7, 11) is 0. The fourth-order valence-electron chi connectivity index (χ4n) is 1.49. The van der Waals surface area contributed by atoms with Crippen LogP contribution in [0.25, 0.3) is 0 Å². The van der Waals surface area contributed by atoms with Crippen LogP contribution in [0.2, 0.25) is 0 Å². The molecule has 1 aromatic heterocycles. The Morgan fingerprint density at radius 1 is 1.44 bits per heavy atom. The highest BCUT2D eigenvalue weighted by molar-refractivity contribution is 6.67. The van der Waals surface area contributed by atoms with E-state index in [2.05, 4.69) is 13.8 Å². The molecule has 88 valence electrons. The summed E-state index contributed by atoms with van der Waals surface area (Å²) in [5.74, 6) is 0.515. The molecule has 0 N–H and O–H groups in total. The van der Waals surface area contributed by atoms with Crippen molar-refractivity contribution < 1.29 is 4.79 Å². The zero-order chi connectivity index (χ0) is 12.3. The van der Waals surface area contributed by atoms with Gasteiger partial charge in [0, 0.05) is 12.2 Å². The second-order valence-corrected chi connectivity index (χ2v) is 4.64. The van der Waals surface area contributed by atoms with Gasteiger partial charge in [-0.25, -0.2) is 0 Å². The first-order chi connectivity index (χ1) is 7.43. The average Bonchev–Trinajstić information content (AvgIpc) is 2.16. The summed E-state index contributed by atoms with van der Waals surface area (Å²) in [5.41, 5.74) is 0.615. The van der Waals surface area contributed by atoms with Crippen LogP contribution < -0.4 is 5.56 Å². The quantitative estimate of drug-likeness (QED) is 0.760. The number of nitrogens with zero attached hydrogens (tertiary/aromatic N) is 1. The minimum absolute atomic E-state index is 0.0519. The first-order valence-electron chi connectivity index (χ1n) is 5.33. The Bertz CT molecular complexity index is 449. The molecule has 0 amide bonds. The minimum atomic E-state index is -0.691. The van der Waals surface area contributed by atoms with Gasteiger partial charge in [-0.05, 0) is 43.0 Å². The van der Waals surface area contributed by atoms with Gasteiger partial charge >= 0.3 is 0 Å². The van der Waals surface area contributed by atoms with Gasteiger partial charge in [0.15, 0.2) is 0 Å². The third-order valence-electron chi connectivity index (χ3n) is 2.53. The van der Waals surface area contributed by atoms with Gasteiger partial charge in [0.1, 0.15) is 0 Å². The lowest BCUT2D eigenvalue weighted by Crippen LogP contribution is -2.27. The lowest BCUT2D eigenvalue weighted by molar-refractivity contribution is 0.107. The topological polar surface area (TPSA) is 39.1 Å². The molecule has 0 aromatic carbocycles. The molecule has 0 saturated heterocycles. The lowest BCUT2D eigenvalue weighted by Gasteiger charge is -2.12. The molecule has 0 spiro atoms. The van der Waals surface area contributed by atoms with Gasteiger partial charge in [-0.3, -0.25) is 9.59 Å². The fraction of sp³-hybridized carbons (Fsp3) is 0.500. The molecule has 0 unspecified atom stereocenters. The number of carbonyl (C=O) groups is 1. The molecule has 0 aliphatic rings. The van der Waals surface area contributed by atoms with Crippen molar-refractivity contribution in [2.45, 2.75) is 33.7 Å². The SMILES string of the molecule is Cc1ccc(C(=O)Cl)c(=O)n1CCC(C)C. The molecular weight excluding hydrogens is 226 g/mol. The van der Waals surface area contributed by atoms with E-state index in [4.69, 9.17) is 11.6 Å². The van der Waals surface area contributed by atoms with Crippen molar-refractivity contribution in [2.24, 2.45) is 5.92 Å². The van der Waals surface area contributed by atoms with E-state index < -0.39 is 5.24 Å². The van der Waals surface area contributed by atoms with E-state index in [1.807, 2.05) is 6.92 Å². The summed E-state index contributed by atoms with van der Waals surface area (Å²) in [6.45, 7) is 6.67. The van der Waals surface area contributed by atoms with Crippen molar-refractivity contribution in [3.8, 4) is 0 Å². The molecule has 0 aliphatic heterocycles. The average molecular weight is 242 g/mol. The number of aromatic nitrogens is 1. The summed E-state index contributed by atoms with van der Waals surface area (Å²) < 4.78 is 1.61. The maximum Gasteiger partial charge on any atom is 0.262 e. The maximum atomic E-state index is 11.9. The molecule has 0 bridgehead atoms. The number of pyridine rings is 1. The Labute approximate surface area is 100 Å². The Hall–Kier alpha value is -1.09. The van der Waals surface area contributed by atoms with Gasteiger partial charge < -0.3 is 4.57 Å². The van der Waals surface area contributed by atoms with Gasteiger partial charge in [0.2, 0.25) is 0 Å². The first-order valence-corrected chi connectivity index (χ1v) is 5.71. The van der Waals surface area contributed by atoms with Crippen molar-refractivity contribution in [1.29, 1.82) is 0 Å². The van der Waals surface area contributed by atoms with Crippen LogP contribution in [0.5, 0.6) is 0 Å². The Kier molecular flexibility index (Phi) is 4.30. The molecule has 16 heavy (non-hydrogen) atoms. The van der Waals surface area contributed by atoms with E-state index in [1.54, 1.807) is 10.6 Å². The van der Waals surface area contributed by atoms with E-state index in [-0.39, 0.29) is 11.1 Å². The van der Waals surface area contributed by atoms with Crippen molar-refractivity contribution in [3.63, 3.8) is 0 Å². The number of rotatable bonds is 4. The summed E-state index contributed by atoms with van der Waals surface area (Å²) in [6.07, 6.45) is 0.903. The summed E-state index contributed by atoms with van der Waals surface area (Å²) in [4.78, 5) is 22.9.